The molecule has 1 aliphatic rings. The second kappa shape index (κ2) is 5.94. The van der Waals surface area contributed by atoms with E-state index in [1.807, 2.05) is 38.2 Å². The average molecular weight is 336 g/mol. The largest absolute Gasteiger partial charge is 0.454 e. The van der Waals surface area contributed by atoms with Gasteiger partial charge in [0.25, 0.3) is 0 Å². The van der Waals surface area contributed by atoms with Gasteiger partial charge in [0.2, 0.25) is 12.7 Å². The molecule has 1 N–H and O–H groups in total. The zero-order valence-electron chi connectivity index (χ0n) is 13.8. The highest BCUT2D eigenvalue weighted by atomic mass is 16.7. The molecule has 1 aromatic carbocycles. The molecule has 0 fully saturated rings. The van der Waals surface area contributed by atoms with E-state index in [2.05, 4.69) is 15.4 Å². The van der Waals surface area contributed by atoms with Crippen molar-refractivity contribution >= 4 is 28.7 Å². The summed E-state index contributed by atoms with van der Waals surface area (Å²) in [5.74, 6) is 1.16. The second-order valence-electron chi connectivity index (χ2n) is 5.74. The highest BCUT2D eigenvalue weighted by Crippen LogP contribution is 2.32. The van der Waals surface area contributed by atoms with E-state index in [4.69, 9.17) is 9.47 Å². The number of aryl methyl sites for hydroxylation is 2. The van der Waals surface area contributed by atoms with E-state index in [0.717, 1.165) is 22.3 Å². The quantitative estimate of drug-likeness (QED) is 0.744. The van der Waals surface area contributed by atoms with Crippen LogP contribution in [0.25, 0.3) is 17.1 Å². The summed E-state index contributed by atoms with van der Waals surface area (Å²) in [6.07, 6.45) is 4.81. The third-order valence-corrected chi connectivity index (χ3v) is 3.95. The van der Waals surface area contributed by atoms with Crippen LogP contribution in [0.15, 0.2) is 36.5 Å². The lowest BCUT2D eigenvalue weighted by atomic mass is 10.2. The fraction of sp³-hybridized carbons (Fsp3) is 0.167. The Kier molecular flexibility index (Phi) is 3.61. The molecule has 4 rings (SSSR count). The minimum absolute atomic E-state index is 0.228. The van der Waals surface area contributed by atoms with Crippen molar-refractivity contribution in [1.82, 2.24) is 14.8 Å². The minimum Gasteiger partial charge on any atom is -0.454 e. The monoisotopic (exact) mass is 336 g/mol. The maximum absolute atomic E-state index is 12.1. The van der Waals surface area contributed by atoms with E-state index in [1.165, 1.54) is 6.08 Å². The van der Waals surface area contributed by atoms with Gasteiger partial charge in [0.15, 0.2) is 17.1 Å². The summed E-state index contributed by atoms with van der Waals surface area (Å²) < 4.78 is 12.3. The number of carbonyl (C=O) groups excluding carboxylic acids is 1. The number of fused-ring (bicyclic) bond motifs is 2. The molecule has 0 spiro atoms. The van der Waals surface area contributed by atoms with Crippen molar-refractivity contribution in [2.75, 3.05) is 12.1 Å². The predicted molar refractivity (Wildman–Crippen MR) is 93.5 cm³/mol. The molecule has 2 aromatic heterocycles. The summed E-state index contributed by atoms with van der Waals surface area (Å²) in [5.41, 5.74) is 3.14. The minimum atomic E-state index is -0.236. The van der Waals surface area contributed by atoms with E-state index < -0.39 is 0 Å². The van der Waals surface area contributed by atoms with Crippen molar-refractivity contribution in [3.05, 3.63) is 47.8 Å². The average Bonchev–Trinajstić information content (AvgIpc) is 3.17. The van der Waals surface area contributed by atoms with Gasteiger partial charge in [-0.2, -0.15) is 5.10 Å². The lowest BCUT2D eigenvalue weighted by Crippen LogP contribution is -2.08. The van der Waals surface area contributed by atoms with Gasteiger partial charge in [-0.15, -0.1) is 0 Å². The molecule has 126 valence electrons. The molecule has 0 radical (unpaired) electrons. The van der Waals surface area contributed by atoms with Crippen molar-refractivity contribution in [2.45, 2.75) is 6.92 Å². The molecule has 7 nitrogen and oxygen atoms in total. The van der Waals surface area contributed by atoms with Gasteiger partial charge in [-0.25, -0.2) is 4.98 Å². The maximum atomic E-state index is 12.1. The molecule has 25 heavy (non-hydrogen) atoms. The van der Waals surface area contributed by atoms with Crippen LogP contribution in [0.4, 0.5) is 5.69 Å². The van der Waals surface area contributed by atoms with Crippen LogP contribution < -0.4 is 14.8 Å². The highest BCUT2D eigenvalue weighted by molar-refractivity contribution is 6.02. The number of aromatic nitrogens is 3. The van der Waals surface area contributed by atoms with Gasteiger partial charge < -0.3 is 14.8 Å². The van der Waals surface area contributed by atoms with E-state index in [-0.39, 0.29) is 12.7 Å². The van der Waals surface area contributed by atoms with Gasteiger partial charge in [0.1, 0.15) is 0 Å². The fourth-order valence-electron chi connectivity index (χ4n) is 2.75. The van der Waals surface area contributed by atoms with E-state index in [1.54, 1.807) is 17.0 Å². The highest BCUT2D eigenvalue weighted by Gasteiger charge is 2.12. The van der Waals surface area contributed by atoms with Crippen LogP contribution >= 0.6 is 0 Å². The Bertz CT molecular complexity index is 1010. The zero-order valence-corrected chi connectivity index (χ0v) is 13.8. The van der Waals surface area contributed by atoms with Crippen molar-refractivity contribution in [3.8, 4) is 11.5 Å². The predicted octanol–water partition coefficient (Wildman–Crippen LogP) is 2.66. The van der Waals surface area contributed by atoms with Crippen LogP contribution in [-0.4, -0.2) is 27.5 Å². The molecule has 0 atom stereocenters. The summed E-state index contributed by atoms with van der Waals surface area (Å²) in [7, 11) is 1.84. The smallest absolute Gasteiger partial charge is 0.248 e. The summed E-state index contributed by atoms with van der Waals surface area (Å²) >= 11 is 0. The summed E-state index contributed by atoms with van der Waals surface area (Å²) in [4.78, 5) is 16.5. The number of benzene rings is 1. The fourth-order valence-corrected chi connectivity index (χ4v) is 2.75. The van der Waals surface area contributed by atoms with Crippen LogP contribution in [0.2, 0.25) is 0 Å². The van der Waals surface area contributed by atoms with Gasteiger partial charge in [-0.3, -0.25) is 9.48 Å². The Morgan fingerprint density at radius 3 is 3.00 bits per heavy atom. The zero-order chi connectivity index (χ0) is 17.4. The van der Waals surface area contributed by atoms with Crippen LogP contribution in [0.5, 0.6) is 11.5 Å². The Morgan fingerprint density at radius 1 is 1.28 bits per heavy atom. The molecular weight excluding hydrogens is 320 g/mol. The number of carbonyl (C=O) groups is 1. The van der Waals surface area contributed by atoms with Gasteiger partial charge in [0.05, 0.1) is 17.6 Å². The second-order valence-corrected chi connectivity index (χ2v) is 5.74. The standard InChI is InChI=1S/C18H16N4O3/c1-11-14-8-13(9-19-18(14)22(2)21-11)20-17(23)6-4-12-3-5-15-16(7-12)25-10-24-15/h3-9H,10H2,1-2H3,(H,20,23)/b6-4+. The number of rotatable bonds is 3. The number of pyridine rings is 1. The van der Waals surface area contributed by atoms with Crippen LogP contribution in [-0.2, 0) is 11.8 Å². The van der Waals surface area contributed by atoms with E-state index in [0.29, 0.717) is 17.2 Å². The third-order valence-electron chi connectivity index (χ3n) is 3.95. The SMILES string of the molecule is Cc1nn(C)c2ncc(NC(=O)/C=C/c3ccc4c(c3)OCO4)cc12. The van der Waals surface area contributed by atoms with Gasteiger partial charge >= 0.3 is 0 Å². The topological polar surface area (TPSA) is 78.3 Å². The number of hydrogen-bond donors (Lipinski definition) is 1. The first-order valence-corrected chi connectivity index (χ1v) is 7.78. The number of hydrogen-bond acceptors (Lipinski definition) is 5. The van der Waals surface area contributed by atoms with Crippen LogP contribution in [0, 0.1) is 6.92 Å². The lowest BCUT2D eigenvalue weighted by Gasteiger charge is -2.02. The Balaban J connectivity index is 1.49. The molecule has 0 saturated carbocycles. The van der Waals surface area contributed by atoms with Crippen LogP contribution in [0.3, 0.4) is 0 Å². The first-order chi connectivity index (χ1) is 12.1. The van der Waals surface area contributed by atoms with Crippen molar-refractivity contribution < 1.29 is 14.3 Å². The van der Waals surface area contributed by atoms with E-state index in [9.17, 15) is 4.79 Å². The lowest BCUT2D eigenvalue weighted by molar-refractivity contribution is -0.111. The molecule has 0 saturated heterocycles. The van der Waals surface area contributed by atoms with Crippen molar-refractivity contribution in [3.63, 3.8) is 0 Å². The maximum Gasteiger partial charge on any atom is 0.248 e. The Labute approximate surface area is 143 Å². The number of nitrogens with zero attached hydrogens (tertiary/aromatic N) is 3. The number of nitrogens with one attached hydrogen (secondary N) is 1. The molecule has 0 aliphatic carbocycles. The Hall–Kier alpha value is -3.35. The molecule has 3 heterocycles. The van der Waals surface area contributed by atoms with Gasteiger partial charge in [0, 0.05) is 18.5 Å². The molecule has 3 aromatic rings. The normalized spacial score (nSPS) is 12.9. The molecule has 1 amide bonds. The number of anilines is 1. The van der Waals surface area contributed by atoms with Crippen molar-refractivity contribution in [2.24, 2.45) is 7.05 Å². The molecule has 0 bridgehead atoms. The number of amides is 1. The number of ether oxygens (including phenoxy) is 2. The summed E-state index contributed by atoms with van der Waals surface area (Å²) in [6.45, 7) is 2.14. The van der Waals surface area contributed by atoms with E-state index >= 15 is 0 Å². The van der Waals surface area contributed by atoms with Crippen molar-refractivity contribution in [1.29, 1.82) is 0 Å². The molecule has 7 heteroatoms. The third kappa shape index (κ3) is 2.91. The molecular formula is C18H16N4O3. The molecule has 0 unspecified atom stereocenters. The first kappa shape index (κ1) is 15.2. The summed E-state index contributed by atoms with van der Waals surface area (Å²) in [6, 6.07) is 7.39. The van der Waals surface area contributed by atoms with Gasteiger partial charge in [-0.1, -0.05) is 6.07 Å². The summed E-state index contributed by atoms with van der Waals surface area (Å²) in [5, 5.41) is 8.05. The van der Waals surface area contributed by atoms with Crippen LogP contribution in [0.1, 0.15) is 11.3 Å². The van der Waals surface area contributed by atoms with Gasteiger partial charge in [-0.05, 0) is 36.8 Å². The molecule has 1 aliphatic heterocycles. The first-order valence-electron chi connectivity index (χ1n) is 7.78. The Morgan fingerprint density at radius 2 is 2.12 bits per heavy atom.